The second-order valence-corrected chi connectivity index (χ2v) is 5.71. The molecule has 0 radical (unpaired) electrons. The van der Waals surface area contributed by atoms with E-state index in [1.54, 1.807) is 48.5 Å². The van der Waals surface area contributed by atoms with Gasteiger partial charge in [-0.1, -0.05) is 31.2 Å². The van der Waals surface area contributed by atoms with Gasteiger partial charge in [0.25, 0.3) is 5.91 Å². The average Bonchev–Trinajstić information content (AvgIpc) is 2.89. The first kappa shape index (κ1) is 17.5. The van der Waals surface area contributed by atoms with E-state index >= 15 is 0 Å². The Morgan fingerprint density at radius 1 is 1.00 bits per heavy atom. The third-order valence-electron chi connectivity index (χ3n) is 4.01. The summed E-state index contributed by atoms with van der Waals surface area (Å²) in [6.45, 7) is 2.42. The van der Waals surface area contributed by atoms with Crippen molar-refractivity contribution < 1.29 is 24.2 Å². The number of carbonyl (C=O) groups is 2. The fraction of sp³-hybridized carbons (Fsp3) is 0.200. The normalized spacial score (nSPS) is 14.2. The van der Waals surface area contributed by atoms with Crippen LogP contribution in [-0.2, 0) is 9.59 Å². The molecular weight excluding hydrogens is 334 g/mol. The van der Waals surface area contributed by atoms with Crippen molar-refractivity contribution in [3.05, 3.63) is 59.9 Å². The van der Waals surface area contributed by atoms with Crippen molar-refractivity contribution in [3.8, 4) is 11.5 Å². The van der Waals surface area contributed by atoms with Gasteiger partial charge in [-0.3, -0.25) is 9.59 Å². The largest absolute Gasteiger partial charge is 0.502 e. The van der Waals surface area contributed by atoms with Gasteiger partial charge in [-0.15, -0.1) is 0 Å². The highest BCUT2D eigenvalue weighted by Crippen LogP contribution is 2.37. The molecule has 1 aliphatic heterocycles. The summed E-state index contributed by atoms with van der Waals surface area (Å²) in [7, 11) is 1.53. The van der Waals surface area contributed by atoms with E-state index in [2.05, 4.69) is 0 Å². The molecule has 0 saturated carbocycles. The number of hydrogen-bond acceptors (Lipinski definition) is 5. The minimum Gasteiger partial charge on any atom is -0.502 e. The van der Waals surface area contributed by atoms with Crippen LogP contribution in [0.5, 0.6) is 11.5 Å². The van der Waals surface area contributed by atoms with E-state index in [4.69, 9.17) is 9.47 Å². The first-order chi connectivity index (χ1) is 12.6. The molecule has 2 amide bonds. The molecule has 134 valence electrons. The quantitative estimate of drug-likeness (QED) is 0.806. The molecule has 0 atom stereocenters. The highest BCUT2D eigenvalue weighted by molar-refractivity contribution is 6.45. The summed E-state index contributed by atoms with van der Waals surface area (Å²) in [5.74, 6) is -0.912. The molecule has 0 aromatic heterocycles. The Bertz CT molecular complexity index is 870. The van der Waals surface area contributed by atoms with Crippen molar-refractivity contribution >= 4 is 23.1 Å². The van der Waals surface area contributed by atoms with E-state index in [1.165, 1.54) is 7.11 Å². The molecule has 6 heteroatoms. The zero-order chi connectivity index (χ0) is 18.7. The number of nitrogens with zero attached hydrogens (tertiary/aromatic N) is 1. The van der Waals surface area contributed by atoms with Gasteiger partial charge in [-0.25, -0.2) is 4.90 Å². The third-order valence-corrected chi connectivity index (χ3v) is 4.01. The van der Waals surface area contributed by atoms with E-state index in [0.29, 0.717) is 29.4 Å². The van der Waals surface area contributed by atoms with E-state index in [1.807, 2.05) is 6.92 Å². The Labute approximate surface area is 151 Å². The van der Waals surface area contributed by atoms with Crippen LogP contribution in [0.2, 0.25) is 0 Å². The van der Waals surface area contributed by atoms with Crippen molar-refractivity contribution in [1.29, 1.82) is 0 Å². The summed E-state index contributed by atoms with van der Waals surface area (Å²) in [6.07, 6.45) is 0.789. The van der Waals surface area contributed by atoms with Crippen LogP contribution in [0.25, 0.3) is 5.57 Å². The number of methoxy groups -OCH3 is 1. The molecule has 0 unspecified atom stereocenters. The third kappa shape index (κ3) is 3.01. The van der Waals surface area contributed by atoms with Crippen LogP contribution < -0.4 is 14.4 Å². The number of para-hydroxylation sites is 2. The molecule has 26 heavy (non-hydrogen) atoms. The molecule has 3 rings (SSSR count). The molecule has 1 heterocycles. The van der Waals surface area contributed by atoms with Crippen LogP contribution in [0.1, 0.15) is 18.9 Å². The lowest BCUT2D eigenvalue weighted by atomic mass is 10.1. The molecular formula is C20H19NO5. The molecule has 0 saturated heterocycles. The topological polar surface area (TPSA) is 76.1 Å². The Kier molecular flexibility index (Phi) is 4.93. The van der Waals surface area contributed by atoms with E-state index in [0.717, 1.165) is 11.3 Å². The maximum absolute atomic E-state index is 12.9. The molecule has 2 aromatic carbocycles. The number of amides is 2. The van der Waals surface area contributed by atoms with E-state index in [9.17, 15) is 14.7 Å². The minimum absolute atomic E-state index is 0.0389. The van der Waals surface area contributed by atoms with Crippen LogP contribution in [0.3, 0.4) is 0 Å². The number of ether oxygens (including phenoxy) is 2. The fourth-order valence-electron chi connectivity index (χ4n) is 2.73. The maximum Gasteiger partial charge on any atom is 0.301 e. The summed E-state index contributed by atoms with van der Waals surface area (Å²) in [5, 5.41) is 10.3. The van der Waals surface area contributed by atoms with Crippen molar-refractivity contribution in [2.24, 2.45) is 0 Å². The number of benzene rings is 2. The van der Waals surface area contributed by atoms with Crippen molar-refractivity contribution in [1.82, 2.24) is 0 Å². The zero-order valence-electron chi connectivity index (χ0n) is 14.6. The lowest BCUT2D eigenvalue weighted by Gasteiger charge is -2.18. The van der Waals surface area contributed by atoms with Gasteiger partial charge in [0.1, 0.15) is 11.5 Å². The smallest absolute Gasteiger partial charge is 0.301 e. The lowest BCUT2D eigenvalue weighted by Crippen LogP contribution is -2.32. The van der Waals surface area contributed by atoms with Crippen LogP contribution in [-0.4, -0.2) is 30.6 Å². The van der Waals surface area contributed by atoms with E-state index < -0.39 is 17.6 Å². The molecule has 0 bridgehead atoms. The molecule has 2 aromatic rings. The number of imide groups is 1. The number of carbonyl (C=O) groups excluding carboxylic acids is 2. The van der Waals surface area contributed by atoms with Crippen molar-refractivity contribution in [2.75, 3.05) is 18.6 Å². The molecule has 1 N–H and O–H groups in total. The van der Waals surface area contributed by atoms with Crippen molar-refractivity contribution in [2.45, 2.75) is 13.3 Å². The fourth-order valence-corrected chi connectivity index (χ4v) is 2.73. The number of anilines is 1. The SMILES string of the molecule is CCCOc1ccccc1N1C(=O)C(O)=C(c2ccc(OC)cc2)C1=O. The van der Waals surface area contributed by atoms with Crippen LogP contribution >= 0.6 is 0 Å². The van der Waals surface area contributed by atoms with E-state index in [-0.39, 0.29) is 5.57 Å². The molecule has 0 aliphatic carbocycles. The highest BCUT2D eigenvalue weighted by atomic mass is 16.5. The Balaban J connectivity index is 1.98. The Morgan fingerprint density at radius 2 is 1.69 bits per heavy atom. The Morgan fingerprint density at radius 3 is 2.35 bits per heavy atom. The lowest BCUT2D eigenvalue weighted by molar-refractivity contribution is -0.121. The predicted octanol–water partition coefficient (Wildman–Crippen LogP) is 3.33. The van der Waals surface area contributed by atoms with Gasteiger partial charge in [0, 0.05) is 0 Å². The van der Waals surface area contributed by atoms with Crippen LogP contribution in [0.15, 0.2) is 54.3 Å². The maximum atomic E-state index is 12.9. The van der Waals surface area contributed by atoms with Gasteiger partial charge in [-0.2, -0.15) is 0 Å². The predicted molar refractivity (Wildman–Crippen MR) is 97.3 cm³/mol. The first-order valence-electron chi connectivity index (χ1n) is 8.26. The zero-order valence-corrected chi connectivity index (χ0v) is 14.6. The van der Waals surface area contributed by atoms with Crippen LogP contribution in [0, 0.1) is 0 Å². The highest BCUT2D eigenvalue weighted by Gasteiger charge is 2.41. The summed E-state index contributed by atoms with van der Waals surface area (Å²) < 4.78 is 10.7. The minimum atomic E-state index is -0.770. The second kappa shape index (κ2) is 7.31. The second-order valence-electron chi connectivity index (χ2n) is 5.71. The molecule has 1 aliphatic rings. The number of rotatable bonds is 6. The van der Waals surface area contributed by atoms with Gasteiger partial charge >= 0.3 is 5.91 Å². The first-order valence-corrected chi connectivity index (χ1v) is 8.26. The number of aliphatic hydroxyl groups excluding tert-OH is 1. The summed E-state index contributed by atoms with van der Waals surface area (Å²) in [4.78, 5) is 26.4. The average molecular weight is 353 g/mol. The summed E-state index contributed by atoms with van der Waals surface area (Å²) in [6, 6.07) is 13.3. The number of aliphatic hydroxyl groups is 1. The molecule has 0 spiro atoms. The standard InChI is InChI=1S/C20H19NO5/c1-3-12-26-16-7-5-4-6-15(16)21-19(23)17(18(22)20(21)24)13-8-10-14(25-2)11-9-13/h4-11,22H,3,12H2,1-2H3. The summed E-state index contributed by atoms with van der Waals surface area (Å²) >= 11 is 0. The number of hydrogen-bond donors (Lipinski definition) is 1. The van der Waals surface area contributed by atoms with Gasteiger partial charge in [0.15, 0.2) is 5.76 Å². The molecule has 0 fully saturated rings. The van der Waals surface area contributed by atoms with Gasteiger partial charge < -0.3 is 14.6 Å². The van der Waals surface area contributed by atoms with Gasteiger partial charge in [0.2, 0.25) is 0 Å². The Hall–Kier alpha value is -3.28. The van der Waals surface area contributed by atoms with Crippen LogP contribution in [0.4, 0.5) is 5.69 Å². The molecule has 6 nitrogen and oxygen atoms in total. The van der Waals surface area contributed by atoms with Gasteiger partial charge in [0.05, 0.1) is 25.0 Å². The summed E-state index contributed by atoms with van der Waals surface area (Å²) in [5.41, 5.74) is 0.713. The van der Waals surface area contributed by atoms with Crippen molar-refractivity contribution in [3.63, 3.8) is 0 Å². The van der Waals surface area contributed by atoms with Gasteiger partial charge in [-0.05, 0) is 36.2 Å². The monoisotopic (exact) mass is 353 g/mol.